The Morgan fingerprint density at radius 3 is 2.52 bits per heavy atom. The number of sulfonamides is 1. The molecule has 0 aliphatic heterocycles. The van der Waals surface area contributed by atoms with E-state index in [0.717, 1.165) is 6.42 Å². The van der Waals surface area contributed by atoms with Crippen LogP contribution in [0.15, 0.2) is 17.0 Å². The number of benzene rings is 1. The highest BCUT2D eigenvalue weighted by atomic mass is 35.5. The molecule has 0 aliphatic rings. The predicted octanol–water partition coefficient (Wildman–Crippen LogP) is 2.47. The topological polar surface area (TPSA) is 72.6 Å². The van der Waals surface area contributed by atoms with Crippen molar-refractivity contribution < 1.29 is 13.2 Å². The van der Waals surface area contributed by atoms with E-state index in [4.69, 9.17) is 22.1 Å². The van der Waals surface area contributed by atoms with Crippen molar-refractivity contribution >= 4 is 21.6 Å². The Morgan fingerprint density at radius 1 is 1.43 bits per heavy atom. The Labute approximate surface area is 132 Å². The number of nitrogens with zero attached hydrogens (tertiary/aromatic N) is 1. The number of hydrogen-bond acceptors (Lipinski definition) is 4. The normalized spacial score (nSPS) is 13.5. The standard InChI is InChI=1S/C14H23ClN2O3S/c1-5-10(2)9-17(3)21(18,19)13-7-12(15)6-11(8-16)14(13)20-4/h6-7,10H,5,8-9,16H2,1-4H3. The van der Waals surface area contributed by atoms with E-state index in [1.54, 1.807) is 13.1 Å². The highest BCUT2D eigenvalue weighted by molar-refractivity contribution is 7.89. The van der Waals surface area contributed by atoms with Crippen molar-refractivity contribution in [1.82, 2.24) is 4.31 Å². The van der Waals surface area contributed by atoms with E-state index in [1.165, 1.54) is 17.5 Å². The average Bonchev–Trinajstić information content (AvgIpc) is 2.45. The van der Waals surface area contributed by atoms with Gasteiger partial charge in [-0.15, -0.1) is 0 Å². The van der Waals surface area contributed by atoms with Crippen LogP contribution in [0, 0.1) is 5.92 Å². The minimum absolute atomic E-state index is 0.0590. The van der Waals surface area contributed by atoms with E-state index in [1.807, 2.05) is 13.8 Å². The molecule has 1 unspecified atom stereocenters. The molecule has 0 aromatic heterocycles. The Balaban J connectivity index is 3.33. The number of ether oxygens (including phenoxy) is 1. The quantitative estimate of drug-likeness (QED) is 0.831. The summed E-state index contributed by atoms with van der Waals surface area (Å²) in [5, 5.41) is 0.326. The van der Waals surface area contributed by atoms with Crippen molar-refractivity contribution in [1.29, 1.82) is 0 Å². The van der Waals surface area contributed by atoms with Crippen LogP contribution in [0.25, 0.3) is 0 Å². The minimum Gasteiger partial charge on any atom is -0.495 e. The molecule has 0 saturated heterocycles. The van der Waals surface area contributed by atoms with Gasteiger partial charge in [0.1, 0.15) is 10.6 Å². The van der Waals surface area contributed by atoms with Gasteiger partial charge in [-0.25, -0.2) is 12.7 Å². The Bertz CT molecular complexity index is 590. The van der Waals surface area contributed by atoms with E-state index < -0.39 is 10.0 Å². The predicted molar refractivity (Wildman–Crippen MR) is 85.2 cm³/mol. The zero-order valence-corrected chi connectivity index (χ0v) is 14.5. The highest BCUT2D eigenvalue weighted by Gasteiger charge is 2.27. The van der Waals surface area contributed by atoms with E-state index >= 15 is 0 Å². The molecule has 0 heterocycles. The first-order valence-electron chi connectivity index (χ1n) is 6.80. The van der Waals surface area contributed by atoms with Crippen LogP contribution in [0.2, 0.25) is 5.02 Å². The largest absolute Gasteiger partial charge is 0.495 e. The van der Waals surface area contributed by atoms with Crippen LogP contribution < -0.4 is 10.5 Å². The fraction of sp³-hybridized carbons (Fsp3) is 0.571. The molecule has 0 spiro atoms. The maximum atomic E-state index is 12.7. The fourth-order valence-electron chi connectivity index (χ4n) is 2.03. The summed E-state index contributed by atoms with van der Waals surface area (Å²) in [6, 6.07) is 3.02. The van der Waals surface area contributed by atoms with E-state index in [9.17, 15) is 8.42 Å². The third-order valence-electron chi connectivity index (χ3n) is 3.47. The van der Waals surface area contributed by atoms with Gasteiger partial charge >= 0.3 is 0 Å². The number of methoxy groups -OCH3 is 1. The van der Waals surface area contributed by atoms with Gasteiger partial charge in [-0.3, -0.25) is 0 Å². The molecule has 1 atom stereocenters. The number of halogens is 1. The van der Waals surface area contributed by atoms with Gasteiger partial charge in [0.25, 0.3) is 0 Å². The van der Waals surface area contributed by atoms with Crippen LogP contribution in [0.5, 0.6) is 5.75 Å². The lowest BCUT2D eigenvalue weighted by molar-refractivity contribution is 0.379. The zero-order chi connectivity index (χ0) is 16.2. The third kappa shape index (κ3) is 4.10. The smallest absolute Gasteiger partial charge is 0.246 e. The van der Waals surface area contributed by atoms with Crippen LogP contribution in [0.3, 0.4) is 0 Å². The number of rotatable bonds is 7. The van der Waals surface area contributed by atoms with Crippen molar-refractivity contribution in [2.45, 2.75) is 31.7 Å². The molecule has 2 N–H and O–H groups in total. The van der Waals surface area contributed by atoms with Crippen molar-refractivity contribution in [2.24, 2.45) is 11.7 Å². The molecule has 1 aromatic rings. The Morgan fingerprint density at radius 2 is 2.05 bits per heavy atom. The van der Waals surface area contributed by atoms with E-state index in [-0.39, 0.29) is 23.1 Å². The summed E-state index contributed by atoms with van der Waals surface area (Å²) < 4.78 is 32.0. The van der Waals surface area contributed by atoms with Crippen LogP contribution >= 0.6 is 11.6 Å². The zero-order valence-electron chi connectivity index (χ0n) is 12.9. The fourth-order valence-corrected chi connectivity index (χ4v) is 3.85. The molecule has 21 heavy (non-hydrogen) atoms. The summed E-state index contributed by atoms with van der Waals surface area (Å²) >= 11 is 6.01. The van der Waals surface area contributed by atoms with Crippen molar-refractivity contribution in [2.75, 3.05) is 20.7 Å². The van der Waals surface area contributed by atoms with Crippen molar-refractivity contribution in [3.8, 4) is 5.75 Å². The lowest BCUT2D eigenvalue weighted by Crippen LogP contribution is -2.31. The Kier molecular flexibility index (Phi) is 6.46. The van der Waals surface area contributed by atoms with Gasteiger partial charge in [0.15, 0.2) is 0 Å². The monoisotopic (exact) mass is 334 g/mol. The number of hydrogen-bond donors (Lipinski definition) is 1. The van der Waals surface area contributed by atoms with Gasteiger partial charge in [0.2, 0.25) is 10.0 Å². The molecule has 1 aromatic carbocycles. The summed E-state index contributed by atoms with van der Waals surface area (Å²) in [5.41, 5.74) is 6.21. The molecule has 0 saturated carbocycles. The van der Waals surface area contributed by atoms with Gasteiger partial charge in [-0.1, -0.05) is 31.9 Å². The molecular weight excluding hydrogens is 312 g/mol. The second-order valence-electron chi connectivity index (χ2n) is 5.10. The summed E-state index contributed by atoms with van der Waals surface area (Å²) in [5.74, 6) is 0.529. The van der Waals surface area contributed by atoms with Gasteiger partial charge < -0.3 is 10.5 Å². The van der Waals surface area contributed by atoms with E-state index in [0.29, 0.717) is 17.1 Å². The molecule has 0 radical (unpaired) electrons. The second kappa shape index (κ2) is 7.45. The van der Waals surface area contributed by atoms with Crippen LogP contribution in [0.1, 0.15) is 25.8 Å². The Hall–Kier alpha value is -0.820. The van der Waals surface area contributed by atoms with Crippen molar-refractivity contribution in [3.05, 3.63) is 22.7 Å². The average molecular weight is 335 g/mol. The first-order chi connectivity index (χ1) is 9.77. The van der Waals surface area contributed by atoms with Gasteiger partial charge in [0.05, 0.1) is 7.11 Å². The molecule has 0 fully saturated rings. The summed E-state index contributed by atoms with van der Waals surface area (Å²) in [6.45, 7) is 4.62. The molecule has 0 bridgehead atoms. The van der Waals surface area contributed by atoms with Gasteiger partial charge in [-0.05, 0) is 18.1 Å². The summed E-state index contributed by atoms with van der Waals surface area (Å²) in [4.78, 5) is 0.0590. The van der Waals surface area contributed by atoms with Crippen LogP contribution in [-0.4, -0.2) is 33.4 Å². The van der Waals surface area contributed by atoms with Gasteiger partial charge in [-0.2, -0.15) is 0 Å². The summed E-state index contributed by atoms with van der Waals surface area (Å²) in [7, 11) is -0.688. The lowest BCUT2D eigenvalue weighted by Gasteiger charge is -2.22. The van der Waals surface area contributed by atoms with Crippen LogP contribution in [-0.2, 0) is 16.6 Å². The second-order valence-corrected chi connectivity index (χ2v) is 7.55. The number of nitrogens with two attached hydrogens (primary N) is 1. The van der Waals surface area contributed by atoms with Crippen molar-refractivity contribution in [3.63, 3.8) is 0 Å². The highest BCUT2D eigenvalue weighted by Crippen LogP contribution is 2.33. The maximum Gasteiger partial charge on any atom is 0.246 e. The first-order valence-corrected chi connectivity index (χ1v) is 8.62. The third-order valence-corrected chi connectivity index (χ3v) is 5.52. The molecule has 7 heteroatoms. The first kappa shape index (κ1) is 18.2. The molecule has 0 aliphatic carbocycles. The molecule has 1 rings (SSSR count). The minimum atomic E-state index is -3.67. The summed E-state index contributed by atoms with van der Waals surface area (Å²) in [6.07, 6.45) is 0.903. The lowest BCUT2D eigenvalue weighted by atomic mass is 10.1. The molecule has 120 valence electrons. The SMILES string of the molecule is CCC(C)CN(C)S(=O)(=O)c1cc(Cl)cc(CN)c1OC. The van der Waals surface area contributed by atoms with Crippen LogP contribution in [0.4, 0.5) is 0 Å². The molecule has 5 nitrogen and oxygen atoms in total. The van der Waals surface area contributed by atoms with E-state index in [2.05, 4.69) is 0 Å². The molecule has 0 amide bonds. The van der Waals surface area contributed by atoms with Gasteiger partial charge in [0, 0.05) is 30.7 Å². The maximum absolute atomic E-state index is 12.7. The molecular formula is C14H23ClN2O3S.